The molecular weight excluding hydrogens is 498 g/mol. The van der Waals surface area contributed by atoms with Crippen molar-refractivity contribution in [2.75, 3.05) is 0 Å². The Morgan fingerprint density at radius 3 is 2.68 bits per heavy atom. The normalized spacial score (nSPS) is 16.6. The Morgan fingerprint density at radius 2 is 1.84 bits per heavy atom. The van der Waals surface area contributed by atoms with Crippen LogP contribution in [-0.2, 0) is 24.2 Å². The van der Waals surface area contributed by atoms with Crippen LogP contribution in [0.15, 0.2) is 53.4 Å². The standard InChI is InChI=1S/C30H25N3O2S2/c1-18-14-22(19(2)33(18)29-25(16-31)24-12-5-6-13-26(24)36-29)15-27-28(34)32(30(35)37-27)17-21-10-7-9-20-8-3-4-11-23(20)21/h3-4,7-11,14-15H,5-6,12-13,17H2,1-2H3/b27-15+. The smallest absolute Gasteiger partial charge is 0.293 e. The quantitative estimate of drug-likeness (QED) is 0.263. The van der Waals surface area contributed by atoms with Crippen LogP contribution in [0.4, 0.5) is 4.79 Å². The van der Waals surface area contributed by atoms with E-state index < -0.39 is 0 Å². The maximum absolute atomic E-state index is 13.3. The number of imide groups is 1. The van der Waals surface area contributed by atoms with Crippen molar-refractivity contribution >= 4 is 51.1 Å². The summed E-state index contributed by atoms with van der Waals surface area (Å²) >= 11 is 2.70. The van der Waals surface area contributed by atoms with Crippen LogP contribution in [0.2, 0.25) is 0 Å². The lowest BCUT2D eigenvalue weighted by Crippen LogP contribution is -2.27. The number of aryl methyl sites for hydroxylation is 2. The number of rotatable bonds is 4. The fraction of sp³-hybridized carbons (Fsp3) is 0.233. The Morgan fingerprint density at radius 1 is 1.05 bits per heavy atom. The zero-order chi connectivity index (χ0) is 25.7. The van der Waals surface area contributed by atoms with Crippen molar-refractivity contribution in [3.8, 4) is 11.1 Å². The summed E-state index contributed by atoms with van der Waals surface area (Å²) in [5.41, 5.74) is 5.80. The number of carbonyl (C=O) groups excluding carboxylic acids is 2. The van der Waals surface area contributed by atoms with Gasteiger partial charge in [-0.15, -0.1) is 11.3 Å². The molecule has 5 nitrogen and oxygen atoms in total. The van der Waals surface area contributed by atoms with Crippen molar-refractivity contribution in [2.24, 2.45) is 0 Å². The first-order valence-electron chi connectivity index (χ1n) is 12.4. The number of amides is 2. The number of nitriles is 1. The second-order valence-corrected chi connectivity index (χ2v) is 11.6. The van der Waals surface area contributed by atoms with Crippen molar-refractivity contribution in [2.45, 2.75) is 46.1 Å². The molecule has 4 aromatic rings. The van der Waals surface area contributed by atoms with Gasteiger partial charge in [0.1, 0.15) is 11.1 Å². The van der Waals surface area contributed by atoms with Gasteiger partial charge in [-0.2, -0.15) is 5.26 Å². The molecule has 1 fully saturated rings. The minimum Gasteiger partial charge on any atom is -0.308 e. The number of carbonyl (C=O) groups is 2. The molecule has 2 aromatic carbocycles. The van der Waals surface area contributed by atoms with Gasteiger partial charge in [-0.3, -0.25) is 14.5 Å². The monoisotopic (exact) mass is 523 g/mol. The Labute approximate surface area is 224 Å². The van der Waals surface area contributed by atoms with Gasteiger partial charge in [0.15, 0.2) is 0 Å². The molecule has 2 aromatic heterocycles. The predicted octanol–water partition coefficient (Wildman–Crippen LogP) is 7.30. The third-order valence-electron chi connectivity index (χ3n) is 7.31. The summed E-state index contributed by atoms with van der Waals surface area (Å²) in [6.07, 6.45) is 6.12. The average Bonchev–Trinajstić information content (AvgIpc) is 3.50. The number of nitrogens with zero attached hydrogens (tertiary/aromatic N) is 3. The molecule has 0 bridgehead atoms. The molecule has 1 saturated heterocycles. The van der Waals surface area contributed by atoms with E-state index in [1.54, 1.807) is 11.3 Å². The fourth-order valence-electron chi connectivity index (χ4n) is 5.45. The second-order valence-electron chi connectivity index (χ2n) is 9.57. The van der Waals surface area contributed by atoms with E-state index in [4.69, 9.17) is 0 Å². The van der Waals surface area contributed by atoms with E-state index in [2.05, 4.69) is 10.6 Å². The van der Waals surface area contributed by atoms with E-state index >= 15 is 0 Å². The van der Waals surface area contributed by atoms with E-state index in [1.807, 2.05) is 68.5 Å². The van der Waals surface area contributed by atoms with Crippen LogP contribution in [0.3, 0.4) is 0 Å². The largest absolute Gasteiger partial charge is 0.308 e. The predicted molar refractivity (Wildman–Crippen MR) is 150 cm³/mol. The highest BCUT2D eigenvalue weighted by Crippen LogP contribution is 2.40. The van der Waals surface area contributed by atoms with Gasteiger partial charge >= 0.3 is 0 Å². The Kier molecular flexibility index (Phi) is 6.02. The lowest BCUT2D eigenvalue weighted by Gasteiger charge is -2.14. The number of benzene rings is 2. The second kappa shape index (κ2) is 9.37. The van der Waals surface area contributed by atoms with Crippen LogP contribution in [0, 0.1) is 25.2 Å². The summed E-state index contributed by atoms with van der Waals surface area (Å²) in [7, 11) is 0. The summed E-state index contributed by atoms with van der Waals surface area (Å²) in [5, 5.41) is 12.8. The molecule has 6 rings (SSSR count). The molecule has 3 heterocycles. The van der Waals surface area contributed by atoms with Crippen molar-refractivity contribution in [1.29, 1.82) is 5.26 Å². The van der Waals surface area contributed by atoms with Crippen LogP contribution in [0.25, 0.3) is 21.8 Å². The topological polar surface area (TPSA) is 66.1 Å². The summed E-state index contributed by atoms with van der Waals surface area (Å²) in [6, 6.07) is 18.5. The molecule has 184 valence electrons. The number of hydrogen-bond donors (Lipinski definition) is 0. The highest BCUT2D eigenvalue weighted by Gasteiger charge is 2.35. The SMILES string of the molecule is Cc1cc(/C=C2/SC(=O)N(Cc3cccc4ccccc34)C2=O)c(C)n1-c1sc2c(c1C#N)CCCC2. The van der Waals surface area contributed by atoms with E-state index in [-0.39, 0.29) is 17.7 Å². The van der Waals surface area contributed by atoms with Gasteiger partial charge < -0.3 is 4.57 Å². The van der Waals surface area contributed by atoms with Crippen LogP contribution in [0.5, 0.6) is 0 Å². The van der Waals surface area contributed by atoms with Gasteiger partial charge in [0, 0.05) is 16.3 Å². The van der Waals surface area contributed by atoms with E-state index in [9.17, 15) is 14.9 Å². The molecule has 0 radical (unpaired) electrons. The first-order valence-corrected chi connectivity index (χ1v) is 14.1. The zero-order valence-corrected chi connectivity index (χ0v) is 22.3. The van der Waals surface area contributed by atoms with Crippen molar-refractivity contribution < 1.29 is 9.59 Å². The van der Waals surface area contributed by atoms with Crippen LogP contribution >= 0.6 is 23.1 Å². The molecule has 0 N–H and O–H groups in total. The average molecular weight is 524 g/mol. The Bertz CT molecular complexity index is 1660. The van der Waals surface area contributed by atoms with Gasteiger partial charge in [-0.1, -0.05) is 42.5 Å². The highest BCUT2D eigenvalue weighted by atomic mass is 32.2. The minimum atomic E-state index is -0.267. The lowest BCUT2D eigenvalue weighted by molar-refractivity contribution is -0.123. The third kappa shape index (κ3) is 4.01. The molecular formula is C30H25N3O2S2. The lowest BCUT2D eigenvalue weighted by atomic mass is 9.96. The molecule has 1 aliphatic carbocycles. The summed E-state index contributed by atoms with van der Waals surface area (Å²) in [4.78, 5) is 29.3. The first kappa shape index (κ1) is 23.8. The van der Waals surface area contributed by atoms with E-state index in [1.165, 1.54) is 21.8 Å². The molecule has 7 heteroatoms. The Hall–Kier alpha value is -3.60. The molecule has 0 unspecified atom stereocenters. The first-order chi connectivity index (χ1) is 18.0. The molecule has 2 amide bonds. The number of thioether (sulfide) groups is 1. The number of hydrogen-bond acceptors (Lipinski definition) is 5. The zero-order valence-electron chi connectivity index (χ0n) is 20.7. The number of thiophene rings is 1. The molecule has 0 atom stereocenters. The number of fused-ring (bicyclic) bond motifs is 2. The van der Waals surface area contributed by atoms with Gasteiger partial charge in [0.2, 0.25) is 0 Å². The molecule has 1 aliphatic heterocycles. The van der Waals surface area contributed by atoms with Gasteiger partial charge in [-0.25, -0.2) is 0 Å². The maximum atomic E-state index is 13.3. The van der Waals surface area contributed by atoms with Gasteiger partial charge in [-0.05, 0) is 90.9 Å². The third-order valence-corrected chi connectivity index (χ3v) is 9.49. The van der Waals surface area contributed by atoms with Crippen molar-refractivity contribution in [3.63, 3.8) is 0 Å². The van der Waals surface area contributed by atoms with Crippen LogP contribution in [-0.4, -0.2) is 20.6 Å². The van der Waals surface area contributed by atoms with Crippen molar-refractivity contribution in [3.05, 3.63) is 92.0 Å². The van der Waals surface area contributed by atoms with Crippen molar-refractivity contribution in [1.82, 2.24) is 9.47 Å². The minimum absolute atomic E-state index is 0.245. The summed E-state index contributed by atoms with van der Waals surface area (Å²) in [5.74, 6) is -0.267. The molecule has 37 heavy (non-hydrogen) atoms. The molecule has 0 saturated carbocycles. The van der Waals surface area contributed by atoms with E-state index in [0.29, 0.717) is 4.91 Å². The molecule has 0 spiro atoms. The highest BCUT2D eigenvalue weighted by molar-refractivity contribution is 8.18. The number of aromatic nitrogens is 1. The van der Waals surface area contributed by atoms with Gasteiger partial charge in [0.05, 0.1) is 17.0 Å². The van der Waals surface area contributed by atoms with Gasteiger partial charge in [0.25, 0.3) is 11.1 Å². The van der Waals surface area contributed by atoms with Crippen LogP contribution in [0.1, 0.15) is 51.4 Å². The summed E-state index contributed by atoms with van der Waals surface area (Å²) in [6.45, 7) is 4.28. The molecule has 2 aliphatic rings. The fourth-order valence-corrected chi connectivity index (χ4v) is 7.73. The van der Waals surface area contributed by atoms with Crippen LogP contribution < -0.4 is 0 Å². The summed E-state index contributed by atoms with van der Waals surface area (Å²) < 4.78 is 2.13. The Balaban J connectivity index is 1.33. The maximum Gasteiger partial charge on any atom is 0.293 e. The van der Waals surface area contributed by atoms with E-state index in [0.717, 1.165) is 74.9 Å².